The summed E-state index contributed by atoms with van der Waals surface area (Å²) >= 11 is 0. The predicted octanol–water partition coefficient (Wildman–Crippen LogP) is 4.25. The highest BCUT2D eigenvalue weighted by Gasteiger charge is 2.35. The van der Waals surface area contributed by atoms with Gasteiger partial charge < -0.3 is 20.7 Å². The highest BCUT2D eigenvalue weighted by atomic mass is 16.5. The number of ether oxygens (including phenoxy) is 1. The molecule has 3 rings (SSSR count). The van der Waals surface area contributed by atoms with E-state index in [-0.39, 0.29) is 17.4 Å². The van der Waals surface area contributed by atoms with E-state index in [0.717, 1.165) is 24.3 Å². The van der Waals surface area contributed by atoms with E-state index in [2.05, 4.69) is 30.1 Å². The largest absolute Gasteiger partial charge is 0.445 e. The van der Waals surface area contributed by atoms with Crippen molar-refractivity contribution in [2.24, 2.45) is 5.73 Å². The molecule has 1 heterocycles. The molecule has 0 radical (unpaired) electrons. The van der Waals surface area contributed by atoms with Crippen molar-refractivity contribution in [3.63, 3.8) is 0 Å². The smallest absolute Gasteiger partial charge is 0.255 e. The van der Waals surface area contributed by atoms with Crippen LogP contribution >= 0.6 is 0 Å². The molecule has 1 atom stereocenters. The number of hydrogen-bond donors (Lipinski definition) is 2. The minimum atomic E-state index is -0.599. The molecule has 6 heteroatoms. The normalized spacial score (nSPS) is 16.0. The maximum absolute atomic E-state index is 13.2. The Balaban J connectivity index is 2.01. The Morgan fingerprint density at radius 2 is 1.77 bits per heavy atom. The van der Waals surface area contributed by atoms with Crippen LogP contribution in [-0.4, -0.2) is 19.0 Å². The highest BCUT2D eigenvalue weighted by molar-refractivity contribution is 6.06. The van der Waals surface area contributed by atoms with Gasteiger partial charge in [-0.1, -0.05) is 30.3 Å². The molecule has 0 unspecified atom stereocenters. The zero-order valence-electron chi connectivity index (χ0n) is 17.5. The predicted molar refractivity (Wildman–Crippen MR) is 118 cm³/mol. The van der Waals surface area contributed by atoms with Crippen LogP contribution in [-0.2, 0) is 9.53 Å². The number of nitrogens with zero attached hydrogens (tertiary/aromatic N) is 2. The average Bonchev–Trinajstić information content (AvgIpc) is 2.75. The molecule has 0 aliphatic carbocycles. The minimum Gasteiger partial charge on any atom is -0.445 e. The molecule has 1 aliphatic heterocycles. The van der Waals surface area contributed by atoms with E-state index >= 15 is 0 Å². The number of nitrogens with one attached hydrogen (secondary N) is 1. The van der Waals surface area contributed by atoms with E-state index in [4.69, 9.17) is 10.5 Å². The first-order chi connectivity index (χ1) is 14.5. The Morgan fingerprint density at radius 1 is 1.13 bits per heavy atom. The molecule has 0 spiro atoms. The molecule has 2 aromatic rings. The lowest BCUT2D eigenvalue weighted by molar-refractivity contribution is -0.113. The SMILES string of the molecule is CCN(CC)c1ccc([C@H]2C(C#N)=C(N)OC(C)=C2C(=O)Nc2ccccc2)cc1. The van der Waals surface area contributed by atoms with Crippen LogP contribution in [0.4, 0.5) is 11.4 Å². The van der Waals surface area contributed by atoms with Gasteiger partial charge in [-0.05, 0) is 50.6 Å². The summed E-state index contributed by atoms with van der Waals surface area (Å²) in [6, 6.07) is 19.2. The van der Waals surface area contributed by atoms with Crippen molar-refractivity contribution in [2.45, 2.75) is 26.7 Å². The van der Waals surface area contributed by atoms with E-state index in [0.29, 0.717) is 17.0 Å². The summed E-state index contributed by atoms with van der Waals surface area (Å²) in [7, 11) is 0. The van der Waals surface area contributed by atoms with Gasteiger partial charge >= 0.3 is 0 Å². The van der Waals surface area contributed by atoms with Crippen LogP contribution in [0.15, 0.2) is 77.4 Å². The van der Waals surface area contributed by atoms with E-state index in [9.17, 15) is 10.1 Å². The molecule has 1 amide bonds. The number of nitrogens with two attached hydrogens (primary N) is 1. The standard InChI is InChI=1S/C24H26N4O2/c1-4-28(5-2)19-13-11-17(12-14-19)22-20(15-25)23(26)30-16(3)21(22)24(29)27-18-9-7-6-8-10-18/h6-14,22H,4-5,26H2,1-3H3,(H,27,29)/t22-/m0/s1. The monoisotopic (exact) mass is 402 g/mol. The second-order valence-electron chi connectivity index (χ2n) is 6.98. The fraction of sp³-hybridized carbons (Fsp3) is 0.250. The van der Waals surface area contributed by atoms with E-state index in [1.54, 1.807) is 19.1 Å². The van der Waals surface area contributed by atoms with Gasteiger partial charge in [0.2, 0.25) is 5.88 Å². The second kappa shape index (κ2) is 9.19. The Hall–Kier alpha value is -3.72. The van der Waals surface area contributed by atoms with Crippen molar-refractivity contribution in [2.75, 3.05) is 23.3 Å². The fourth-order valence-electron chi connectivity index (χ4n) is 3.69. The number of carbonyl (C=O) groups is 1. The maximum atomic E-state index is 13.2. The van der Waals surface area contributed by atoms with Crippen molar-refractivity contribution in [1.82, 2.24) is 0 Å². The molecule has 0 bridgehead atoms. The lowest BCUT2D eigenvalue weighted by atomic mass is 9.82. The van der Waals surface area contributed by atoms with Crippen molar-refractivity contribution < 1.29 is 9.53 Å². The Morgan fingerprint density at radius 3 is 2.33 bits per heavy atom. The van der Waals surface area contributed by atoms with Crippen LogP contribution in [0.3, 0.4) is 0 Å². The topological polar surface area (TPSA) is 91.4 Å². The summed E-state index contributed by atoms with van der Waals surface area (Å²) in [6.07, 6.45) is 0. The molecular weight excluding hydrogens is 376 g/mol. The third-order valence-electron chi connectivity index (χ3n) is 5.24. The van der Waals surface area contributed by atoms with Crippen LogP contribution in [0.1, 0.15) is 32.3 Å². The zero-order valence-corrected chi connectivity index (χ0v) is 17.5. The summed E-state index contributed by atoms with van der Waals surface area (Å²) in [5.74, 6) is -0.503. The minimum absolute atomic E-state index is 0.0316. The van der Waals surface area contributed by atoms with E-state index in [1.165, 1.54) is 0 Å². The summed E-state index contributed by atoms with van der Waals surface area (Å²) in [4.78, 5) is 15.4. The molecular formula is C24H26N4O2. The Kier molecular flexibility index (Phi) is 6.43. The number of carbonyl (C=O) groups excluding carboxylic acids is 1. The van der Waals surface area contributed by atoms with Crippen molar-refractivity contribution >= 4 is 17.3 Å². The third-order valence-corrected chi connectivity index (χ3v) is 5.24. The maximum Gasteiger partial charge on any atom is 0.255 e. The van der Waals surface area contributed by atoms with Gasteiger partial charge in [0.15, 0.2) is 0 Å². The highest BCUT2D eigenvalue weighted by Crippen LogP contribution is 2.40. The van der Waals surface area contributed by atoms with Gasteiger partial charge in [-0.25, -0.2) is 0 Å². The lowest BCUT2D eigenvalue weighted by Gasteiger charge is -2.28. The number of rotatable bonds is 6. The summed E-state index contributed by atoms with van der Waals surface area (Å²) in [5, 5.41) is 12.6. The quantitative estimate of drug-likeness (QED) is 0.754. The van der Waals surface area contributed by atoms with Gasteiger partial charge in [0.1, 0.15) is 17.4 Å². The Labute approximate surface area is 177 Å². The third kappa shape index (κ3) is 4.15. The number of allylic oxidation sites excluding steroid dienone is 2. The molecule has 6 nitrogen and oxygen atoms in total. The summed E-state index contributed by atoms with van der Waals surface area (Å²) in [6.45, 7) is 7.69. The second-order valence-corrected chi connectivity index (χ2v) is 6.98. The molecule has 0 saturated carbocycles. The number of amides is 1. The molecule has 154 valence electrons. The average molecular weight is 402 g/mol. The van der Waals surface area contributed by atoms with Crippen molar-refractivity contribution in [3.8, 4) is 6.07 Å². The van der Waals surface area contributed by atoms with Crippen molar-refractivity contribution in [1.29, 1.82) is 5.26 Å². The molecule has 30 heavy (non-hydrogen) atoms. The molecule has 2 aromatic carbocycles. The number of nitriles is 1. The lowest BCUT2D eigenvalue weighted by Crippen LogP contribution is -2.28. The summed E-state index contributed by atoms with van der Waals surface area (Å²) < 4.78 is 5.56. The van der Waals surface area contributed by atoms with Crippen molar-refractivity contribution in [3.05, 3.63) is 82.9 Å². The number of hydrogen-bond acceptors (Lipinski definition) is 5. The van der Waals surface area contributed by atoms with Crippen LogP contribution in [0.25, 0.3) is 0 Å². The molecule has 0 fully saturated rings. The summed E-state index contributed by atoms with van der Waals surface area (Å²) in [5.41, 5.74) is 9.17. The number of benzene rings is 2. The van der Waals surface area contributed by atoms with Gasteiger partial charge in [-0.2, -0.15) is 5.26 Å². The van der Waals surface area contributed by atoms with Crippen LogP contribution in [0.2, 0.25) is 0 Å². The van der Waals surface area contributed by atoms with Crippen LogP contribution in [0, 0.1) is 11.3 Å². The Bertz CT molecular complexity index is 1010. The first-order valence-electron chi connectivity index (χ1n) is 9.99. The molecule has 0 saturated heterocycles. The first kappa shape index (κ1) is 21.0. The van der Waals surface area contributed by atoms with E-state index in [1.807, 2.05) is 42.5 Å². The molecule has 3 N–H and O–H groups in total. The number of para-hydroxylation sites is 1. The van der Waals surface area contributed by atoms with Gasteiger partial charge in [0, 0.05) is 24.5 Å². The fourth-order valence-corrected chi connectivity index (χ4v) is 3.69. The van der Waals surface area contributed by atoms with Gasteiger partial charge in [0.25, 0.3) is 5.91 Å². The van der Waals surface area contributed by atoms with Crippen LogP contribution < -0.4 is 16.0 Å². The number of anilines is 2. The van der Waals surface area contributed by atoms with E-state index < -0.39 is 5.92 Å². The zero-order chi connectivity index (χ0) is 21.7. The first-order valence-corrected chi connectivity index (χ1v) is 9.99. The van der Waals surface area contributed by atoms with Gasteiger partial charge in [-0.15, -0.1) is 0 Å². The van der Waals surface area contributed by atoms with Gasteiger partial charge in [0.05, 0.1) is 11.5 Å². The molecule has 0 aromatic heterocycles. The molecule has 1 aliphatic rings. The van der Waals surface area contributed by atoms with Gasteiger partial charge in [-0.3, -0.25) is 4.79 Å². The van der Waals surface area contributed by atoms with Crippen LogP contribution in [0.5, 0.6) is 0 Å².